The van der Waals surface area contributed by atoms with Crippen molar-refractivity contribution in [2.24, 2.45) is 0 Å². The number of amides is 2. The molecule has 1 aromatic carbocycles. The third-order valence-electron chi connectivity index (χ3n) is 4.57. The fraction of sp³-hybridized carbons (Fsp3) is 0.250. The number of benzene rings is 1. The summed E-state index contributed by atoms with van der Waals surface area (Å²) in [5.41, 5.74) is 1.94. The maximum atomic E-state index is 12.4. The highest BCUT2D eigenvalue weighted by molar-refractivity contribution is 5.74. The third-order valence-corrected chi connectivity index (χ3v) is 4.57. The van der Waals surface area contributed by atoms with Gasteiger partial charge < -0.3 is 20.1 Å². The third kappa shape index (κ3) is 3.90. The van der Waals surface area contributed by atoms with Gasteiger partial charge in [-0.25, -0.2) is 14.8 Å². The first-order valence-corrected chi connectivity index (χ1v) is 8.99. The largest absolute Gasteiger partial charge is 0.497 e. The number of aromatic nitrogens is 3. The summed E-state index contributed by atoms with van der Waals surface area (Å²) in [6.45, 7) is 0.773. The monoisotopic (exact) mass is 379 g/mol. The van der Waals surface area contributed by atoms with Crippen molar-refractivity contribution in [3.8, 4) is 17.3 Å². The van der Waals surface area contributed by atoms with Crippen molar-refractivity contribution in [3.63, 3.8) is 0 Å². The van der Waals surface area contributed by atoms with Gasteiger partial charge in [-0.1, -0.05) is 12.1 Å². The molecule has 1 atom stereocenters. The number of imidazole rings is 1. The molecule has 3 aromatic rings. The average molecular weight is 379 g/mol. The molecular formula is C20H21N5O3. The molecule has 0 radical (unpaired) electrons. The molecule has 8 heteroatoms. The summed E-state index contributed by atoms with van der Waals surface area (Å²) in [6.07, 6.45) is 7.61. The maximum absolute atomic E-state index is 12.4. The van der Waals surface area contributed by atoms with Gasteiger partial charge in [0.25, 0.3) is 0 Å². The Hall–Kier alpha value is -3.55. The zero-order chi connectivity index (χ0) is 19.3. The number of nitrogens with zero attached hydrogens (tertiary/aromatic N) is 3. The minimum atomic E-state index is -0.244. The van der Waals surface area contributed by atoms with Gasteiger partial charge in [0, 0.05) is 36.8 Å². The van der Waals surface area contributed by atoms with E-state index in [1.165, 1.54) is 0 Å². The molecule has 0 aliphatic carbocycles. The van der Waals surface area contributed by atoms with Crippen LogP contribution in [-0.4, -0.2) is 40.3 Å². The smallest absolute Gasteiger partial charge is 0.315 e. The first-order valence-electron chi connectivity index (χ1n) is 8.99. The van der Waals surface area contributed by atoms with Gasteiger partial charge in [-0.3, -0.25) is 4.57 Å². The molecule has 2 N–H and O–H groups in total. The van der Waals surface area contributed by atoms with E-state index in [9.17, 15) is 4.79 Å². The first kappa shape index (κ1) is 17.8. The van der Waals surface area contributed by atoms with Crippen LogP contribution in [0.5, 0.6) is 11.5 Å². The molecule has 0 saturated carbocycles. The number of carbonyl (C=O) groups is 1. The van der Waals surface area contributed by atoms with E-state index < -0.39 is 0 Å². The number of hydrogen-bond donors (Lipinski definition) is 2. The predicted octanol–water partition coefficient (Wildman–Crippen LogP) is 2.08. The van der Waals surface area contributed by atoms with Gasteiger partial charge in [-0.15, -0.1) is 0 Å². The number of carbonyl (C=O) groups excluding carboxylic acids is 1. The Morgan fingerprint density at radius 1 is 1.36 bits per heavy atom. The highest BCUT2D eigenvalue weighted by Crippen LogP contribution is 2.29. The van der Waals surface area contributed by atoms with Crippen LogP contribution in [0.15, 0.2) is 55.2 Å². The summed E-state index contributed by atoms with van der Waals surface area (Å²) in [6, 6.07) is 9.16. The fourth-order valence-electron chi connectivity index (χ4n) is 3.17. The lowest BCUT2D eigenvalue weighted by atomic mass is 10.0. The van der Waals surface area contributed by atoms with Gasteiger partial charge in [0.2, 0.25) is 0 Å². The van der Waals surface area contributed by atoms with Crippen molar-refractivity contribution in [2.45, 2.75) is 19.0 Å². The Bertz CT molecular complexity index is 958. The second kappa shape index (κ2) is 7.99. The number of ether oxygens (including phenoxy) is 2. The summed E-state index contributed by atoms with van der Waals surface area (Å²) >= 11 is 0. The Morgan fingerprint density at radius 3 is 3.11 bits per heavy atom. The zero-order valence-electron chi connectivity index (χ0n) is 15.5. The molecule has 0 spiro atoms. The van der Waals surface area contributed by atoms with E-state index in [4.69, 9.17) is 9.47 Å². The van der Waals surface area contributed by atoms with Crippen LogP contribution in [0, 0.1) is 0 Å². The van der Waals surface area contributed by atoms with Crippen LogP contribution < -0.4 is 20.1 Å². The van der Waals surface area contributed by atoms with Crippen molar-refractivity contribution >= 4 is 6.03 Å². The highest BCUT2D eigenvalue weighted by Gasteiger charge is 2.22. The normalized spacial score (nSPS) is 15.2. The Balaban J connectivity index is 1.35. The van der Waals surface area contributed by atoms with Crippen molar-refractivity contribution in [1.29, 1.82) is 0 Å². The van der Waals surface area contributed by atoms with E-state index in [0.717, 1.165) is 28.4 Å². The van der Waals surface area contributed by atoms with Crippen LogP contribution in [-0.2, 0) is 13.0 Å². The quantitative estimate of drug-likeness (QED) is 0.708. The lowest BCUT2D eigenvalue weighted by molar-refractivity contribution is 0.214. The van der Waals surface area contributed by atoms with Gasteiger partial charge in [0.1, 0.15) is 30.3 Å². The summed E-state index contributed by atoms with van der Waals surface area (Å²) in [4.78, 5) is 20.8. The molecule has 4 rings (SSSR count). The molecule has 3 heterocycles. The van der Waals surface area contributed by atoms with Crippen LogP contribution in [0.25, 0.3) is 5.82 Å². The molecule has 2 aromatic heterocycles. The molecule has 144 valence electrons. The Morgan fingerprint density at radius 2 is 2.29 bits per heavy atom. The Kier molecular flexibility index (Phi) is 5.09. The second-order valence-corrected chi connectivity index (χ2v) is 6.47. The molecule has 0 bridgehead atoms. The van der Waals surface area contributed by atoms with Crippen LogP contribution in [0.1, 0.15) is 11.1 Å². The maximum Gasteiger partial charge on any atom is 0.315 e. The molecule has 1 unspecified atom stereocenters. The van der Waals surface area contributed by atoms with E-state index in [0.29, 0.717) is 19.6 Å². The van der Waals surface area contributed by atoms with E-state index in [1.807, 2.05) is 41.1 Å². The number of fused-ring (bicyclic) bond motifs is 1. The SMILES string of the molecule is COc1ccc2c(c1)OCC(NC(=O)NCc1cccnc1-n1ccnc1)C2. The number of urea groups is 1. The summed E-state index contributed by atoms with van der Waals surface area (Å²) in [5, 5.41) is 5.86. The minimum Gasteiger partial charge on any atom is -0.497 e. The zero-order valence-corrected chi connectivity index (χ0v) is 15.5. The molecule has 1 aliphatic rings. The highest BCUT2D eigenvalue weighted by atomic mass is 16.5. The molecule has 8 nitrogen and oxygen atoms in total. The number of methoxy groups -OCH3 is 1. The van der Waals surface area contributed by atoms with Crippen LogP contribution in [0.4, 0.5) is 4.79 Å². The molecule has 2 amide bonds. The summed E-state index contributed by atoms with van der Waals surface area (Å²) in [7, 11) is 1.62. The fourth-order valence-corrected chi connectivity index (χ4v) is 3.17. The number of nitrogens with one attached hydrogen (secondary N) is 2. The summed E-state index contributed by atoms with van der Waals surface area (Å²) in [5.74, 6) is 2.30. The van der Waals surface area contributed by atoms with Crippen molar-refractivity contribution in [2.75, 3.05) is 13.7 Å². The Labute approximate surface area is 162 Å². The second-order valence-electron chi connectivity index (χ2n) is 6.47. The van der Waals surface area contributed by atoms with E-state index in [2.05, 4.69) is 20.6 Å². The van der Waals surface area contributed by atoms with Crippen LogP contribution in [0.2, 0.25) is 0 Å². The van der Waals surface area contributed by atoms with Gasteiger partial charge in [-0.05, 0) is 24.1 Å². The lowest BCUT2D eigenvalue weighted by Gasteiger charge is -2.26. The van der Waals surface area contributed by atoms with E-state index >= 15 is 0 Å². The standard InChI is InChI=1S/C20H21N5O3/c1-27-17-5-4-14-9-16(12-28-18(14)10-17)24-20(26)23-11-15-3-2-6-22-19(15)25-8-7-21-13-25/h2-8,10,13,16H,9,11-12H2,1H3,(H2,23,24,26). The lowest BCUT2D eigenvalue weighted by Crippen LogP contribution is -2.47. The number of rotatable bonds is 5. The topological polar surface area (TPSA) is 90.3 Å². The molecule has 28 heavy (non-hydrogen) atoms. The average Bonchev–Trinajstić information content (AvgIpc) is 3.27. The summed E-state index contributed by atoms with van der Waals surface area (Å²) < 4.78 is 12.8. The number of hydrogen-bond acceptors (Lipinski definition) is 5. The molecule has 0 saturated heterocycles. The molecule has 1 aliphatic heterocycles. The van der Waals surface area contributed by atoms with Gasteiger partial charge in [-0.2, -0.15) is 0 Å². The van der Waals surface area contributed by atoms with Gasteiger partial charge in [0.05, 0.1) is 13.2 Å². The van der Waals surface area contributed by atoms with Gasteiger partial charge >= 0.3 is 6.03 Å². The van der Waals surface area contributed by atoms with E-state index in [1.54, 1.807) is 25.8 Å². The van der Waals surface area contributed by atoms with Crippen molar-refractivity contribution in [3.05, 3.63) is 66.4 Å². The number of pyridine rings is 1. The van der Waals surface area contributed by atoms with Crippen LogP contribution >= 0.6 is 0 Å². The molecule has 0 fully saturated rings. The van der Waals surface area contributed by atoms with Crippen molar-refractivity contribution in [1.82, 2.24) is 25.2 Å². The first-order chi connectivity index (χ1) is 13.7. The predicted molar refractivity (Wildman–Crippen MR) is 103 cm³/mol. The minimum absolute atomic E-state index is 0.0945. The van der Waals surface area contributed by atoms with E-state index in [-0.39, 0.29) is 12.1 Å². The van der Waals surface area contributed by atoms with Gasteiger partial charge in [0.15, 0.2) is 0 Å². The van der Waals surface area contributed by atoms with Crippen LogP contribution in [0.3, 0.4) is 0 Å². The van der Waals surface area contributed by atoms with Crippen molar-refractivity contribution < 1.29 is 14.3 Å². The molecular weight excluding hydrogens is 358 g/mol.